The minimum absolute atomic E-state index is 0.456. The molecule has 0 aliphatic heterocycles. The lowest BCUT2D eigenvalue weighted by molar-refractivity contribution is -0.152. The molecule has 0 bridgehead atoms. The Hall–Kier alpha value is -1.26. The third kappa shape index (κ3) is 2.06. The van der Waals surface area contributed by atoms with Gasteiger partial charge in [0.2, 0.25) is 0 Å². The topological polar surface area (TPSA) is 47.9 Å². The molecule has 0 spiro atoms. The van der Waals surface area contributed by atoms with Crippen molar-refractivity contribution in [1.29, 1.82) is 0 Å². The number of hydrogen-bond acceptors (Lipinski definition) is 4. The third-order valence-electron chi connectivity index (χ3n) is 3.84. The van der Waals surface area contributed by atoms with E-state index >= 15 is 0 Å². The number of hydrogen-bond donors (Lipinski definition) is 1. The first-order chi connectivity index (χ1) is 8.66. The van der Waals surface area contributed by atoms with Crippen LogP contribution in [0.3, 0.4) is 0 Å². The lowest BCUT2D eigenvalue weighted by Crippen LogP contribution is -2.45. The maximum Gasteiger partial charge on any atom is 0.128 e. The first-order valence-corrected chi connectivity index (χ1v) is 6.12. The maximum absolute atomic E-state index is 10.5. The lowest BCUT2D eigenvalue weighted by Gasteiger charge is -2.44. The fourth-order valence-electron chi connectivity index (χ4n) is 2.44. The summed E-state index contributed by atoms with van der Waals surface area (Å²) >= 11 is 0. The highest BCUT2D eigenvalue weighted by Crippen LogP contribution is 2.47. The minimum Gasteiger partial charge on any atom is -0.497 e. The van der Waals surface area contributed by atoms with E-state index in [1.165, 1.54) is 0 Å². The molecule has 1 N–H and O–H groups in total. The number of methoxy groups -OCH3 is 3. The molecule has 2 rings (SSSR count). The Morgan fingerprint density at radius 1 is 1.17 bits per heavy atom. The zero-order valence-corrected chi connectivity index (χ0v) is 11.1. The quantitative estimate of drug-likeness (QED) is 0.873. The molecule has 4 heteroatoms. The molecule has 1 fully saturated rings. The van der Waals surface area contributed by atoms with Gasteiger partial charge in [0, 0.05) is 18.7 Å². The van der Waals surface area contributed by atoms with Crippen LogP contribution in [0.15, 0.2) is 18.2 Å². The van der Waals surface area contributed by atoms with Gasteiger partial charge in [0.15, 0.2) is 0 Å². The van der Waals surface area contributed by atoms with Crippen molar-refractivity contribution in [2.24, 2.45) is 0 Å². The Labute approximate surface area is 107 Å². The molecule has 0 amide bonds. The summed E-state index contributed by atoms with van der Waals surface area (Å²) in [4.78, 5) is 0. The van der Waals surface area contributed by atoms with E-state index in [0.717, 1.165) is 24.8 Å². The van der Waals surface area contributed by atoms with Gasteiger partial charge in [0.25, 0.3) is 0 Å². The Morgan fingerprint density at radius 3 is 2.33 bits per heavy atom. The van der Waals surface area contributed by atoms with Crippen LogP contribution in [0.2, 0.25) is 0 Å². The summed E-state index contributed by atoms with van der Waals surface area (Å²) in [5, 5.41) is 10.5. The molecule has 1 unspecified atom stereocenters. The predicted octanol–water partition coefficient (Wildman–Crippen LogP) is 2.31. The van der Waals surface area contributed by atoms with E-state index in [-0.39, 0.29) is 0 Å². The highest BCUT2D eigenvalue weighted by atomic mass is 16.5. The summed E-state index contributed by atoms with van der Waals surface area (Å²) in [5.41, 5.74) is 0.293. The Kier molecular flexibility index (Phi) is 3.78. The number of aliphatic hydroxyl groups excluding tert-OH is 1. The predicted molar refractivity (Wildman–Crippen MR) is 68.1 cm³/mol. The lowest BCUT2D eigenvalue weighted by atomic mass is 9.73. The van der Waals surface area contributed by atoms with Gasteiger partial charge in [-0.1, -0.05) is 0 Å². The van der Waals surface area contributed by atoms with Crippen LogP contribution in [-0.4, -0.2) is 32.0 Å². The normalized spacial score (nSPS) is 18.9. The van der Waals surface area contributed by atoms with Crippen molar-refractivity contribution in [2.45, 2.75) is 31.0 Å². The standard InChI is InChI=1S/C14H20O4/c1-16-10-5-6-11(12(9-10)17-2)13(15)14(18-3)7-4-8-14/h5-6,9,13,15H,4,7-8H2,1-3H3. The number of rotatable bonds is 5. The van der Waals surface area contributed by atoms with Gasteiger partial charge in [-0.05, 0) is 31.4 Å². The van der Waals surface area contributed by atoms with Crippen molar-refractivity contribution >= 4 is 0 Å². The second kappa shape index (κ2) is 5.16. The Morgan fingerprint density at radius 2 is 1.89 bits per heavy atom. The van der Waals surface area contributed by atoms with Crippen molar-refractivity contribution in [3.05, 3.63) is 23.8 Å². The van der Waals surface area contributed by atoms with Crippen LogP contribution in [0.25, 0.3) is 0 Å². The fourth-order valence-corrected chi connectivity index (χ4v) is 2.44. The van der Waals surface area contributed by atoms with Crippen molar-refractivity contribution in [3.63, 3.8) is 0 Å². The van der Waals surface area contributed by atoms with E-state index < -0.39 is 11.7 Å². The van der Waals surface area contributed by atoms with Gasteiger partial charge >= 0.3 is 0 Å². The average molecular weight is 252 g/mol. The molecule has 0 radical (unpaired) electrons. The molecular formula is C14H20O4. The van der Waals surface area contributed by atoms with Crippen LogP contribution in [0.5, 0.6) is 11.5 Å². The number of ether oxygens (including phenoxy) is 3. The molecule has 18 heavy (non-hydrogen) atoms. The molecule has 1 aliphatic rings. The highest BCUT2D eigenvalue weighted by Gasteiger charge is 2.45. The summed E-state index contributed by atoms with van der Waals surface area (Å²) in [5.74, 6) is 1.34. The summed E-state index contributed by atoms with van der Waals surface area (Å²) in [7, 11) is 4.84. The highest BCUT2D eigenvalue weighted by molar-refractivity contribution is 5.43. The SMILES string of the molecule is COc1ccc(C(O)C2(OC)CCC2)c(OC)c1. The van der Waals surface area contributed by atoms with E-state index in [0.29, 0.717) is 11.5 Å². The summed E-state index contributed by atoms with van der Waals surface area (Å²) < 4.78 is 16.0. The minimum atomic E-state index is -0.669. The molecule has 1 atom stereocenters. The number of aliphatic hydroxyl groups is 1. The van der Waals surface area contributed by atoms with E-state index in [1.54, 1.807) is 27.4 Å². The summed E-state index contributed by atoms with van der Waals surface area (Å²) in [6.45, 7) is 0. The van der Waals surface area contributed by atoms with Crippen molar-refractivity contribution < 1.29 is 19.3 Å². The summed E-state index contributed by atoms with van der Waals surface area (Å²) in [6.07, 6.45) is 2.17. The summed E-state index contributed by atoms with van der Waals surface area (Å²) in [6, 6.07) is 5.44. The van der Waals surface area contributed by atoms with Crippen LogP contribution in [0.4, 0.5) is 0 Å². The van der Waals surface area contributed by atoms with Crippen molar-refractivity contribution in [3.8, 4) is 11.5 Å². The molecule has 0 aromatic heterocycles. The molecule has 1 saturated carbocycles. The molecule has 1 aromatic rings. The zero-order valence-electron chi connectivity index (χ0n) is 11.1. The smallest absolute Gasteiger partial charge is 0.128 e. The maximum atomic E-state index is 10.5. The molecular weight excluding hydrogens is 232 g/mol. The molecule has 1 aromatic carbocycles. The number of benzene rings is 1. The van der Waals surface area contributed by atoms with Crippen LogP contribution < -0.4 is 9.47 Å². The van der Waals surface area contributed by atoms with Crippen molar-refractivity contribution in [2.75, 3.05) is 21.3 Å². The van der Waals surface area contributed by atoms with E-state index in [2.05, 4.69) is 0 Å². The first kappa shape index (κ1) is 13.2. The van der Waals surface area contributed by atoms with Crippen LogP contribution in [0.1, 0.15) is 30.9 Å². The van der Waals surface area contributed by atoms with Crippen LogP contribution in [-0.2, 0) is 4.74 Å². The van der Waals surface area contributed by atoms with Gasteiger partial charge in [0.1, 0.15) is 17.6 Å². The first-order valence-electron chi connectivity index (χ1n) is 6.12. The zero-order chi connectivity index (χ0) is 13.2. The van der Waals surface area contributed by atoms with E-state index in [9.17, 15) is 5.11 Å². The average Bonchev–Trinajstić information content (AvgIpc) is 2.37. The van der Waals surface area contributed by atoms with Gasteiger partial charge in [-0.2, -0.15) is 0 Å². The third-order valence-corrected chi connectivity index (χ3v) is 3.84. The van der Waals surface area contributed by atoms with Gasteiger partial charge < -0.3 is 19.3 Å². The Bertz CT molecular complexity index is 407. The van der Waals surface area contributed by atoms with Crippen LogP contribution in [0, 0.1) is 0 Å². The van der Waals surface area contributed by atoms with Gasteiger partial charge in [-0.25, -0.2) is 0 Å². The van der Waals surface area contributed by atoms with Gasteiger partial charge in [0.05, 0.1) is 19.8 Å². The van der Waals surface area contributed by atoms with Gasteiger partial charge in [-0.15, -0.1) is 0 Å². The second-order valence-corrected chi connectivity index (χ2v) is 4.63. The fraction of sp³-hybridized carbons (Fsp3) is 0.571. The Balaban J connectivity index is 2.32. The van der Waals surface area contributed by atoms with Crippen molar-refractivity contribution in [1.82, 2.24) is 0 Å². The second-order valence-electron chi connectivity index (χ2n) is 4.63. The van der Waals surface area contributed by atoms with E-state index in [1.807, 2.05) is 12.1 Å². The molecule has 1 aliphatic carbocycles. The van der Waals surface area contributed by atoms with Gasteiger partial charge in [-0.3, -0.25) is 0 Å². The van der Waals surface area contributed by atoms with Crippen LogP contribution >= 0.6 is 0 Å². The molecule has 4 nitrogen and oxygen atoms in total. The monoisotopic (exact) mass is 252 g/mol. The molecule has 0 heterocycles. The molecule has 100 valence electrons. The molecule has 0 saturated heterocycles. The largest absolute Gasteiger partial charge is 0.497 e. The van der Waals surface area contributed by atoms with E-state index in [4.69, 9.17) is 14.2 Å².